The Bertz CT molecular complexity index is 561. The van der Waals surface area contributed by atoms with Crippen molar-refractivity contribution in [2.75, 3.05) is 5.73 Å². The van der Waals surface area contributed by atoms with Crippen LogP contribution in [0.25, 0.3) is 10.9 Å². The molecular weight excluding hydrogens is 280 g/mol. The largest absolute Gasteiger partial charge is 0.486 e. The maximum Gasteiger partial charge on any atom is 0.146 e. The summed E-state index contributed by atoms with van der Waals surface area (Å²) in [7, 11) is 0. The molecule has 3 nitrogen and oxygen atoms in total. The van der Waals surface area contributed by atoms with Crippen molar-refractivity contribution in [3.05, 3.63) is 28.9 Å². The summed E-state index contributed by atoms with van der Waals surface area (Å²) in [4.78, 5) is 4.37. The zero-order valence-electron chi connectivity index (χ0n) is 10.1. The van der Waals surface area contributed by atoms with Gasteiger partial charge in [0.15, 0.2) is 0 Å². The number of hydrogen-bond donors (Lipinski definition) is 1. The number of rotatable bonds is 1. The molecule has 4 heteroatoms. The van der Waals surface area contributed by atoms with Gasteiger partial charge in [0.1, 0.15) is 16.9 Å². The van der Waals surface area contributed by atoms with Gasteiger partial charge in [-0.2, -0.15) is 0 Å². The maximum atomic E-state index is 5.94. The molecule has 1 aromatic heterocycles. The van der Waals surface area contributed by atoms with Gasteiger partial charge in [-0.1, -0.05) is 0 Å². The van der Waals surface area contributed by atoms with Crippen LogP contribution in [0.4, 0.5) is 5.69 Å². The molecule has 1 heterocycles. The van der Waals surface area contributed by atoms with Crippen LogP contribution in [0, 0.1) is 0 Å². The van der Waals surface area contributed by atoms with E-state index in [1.807, 2.05) is 39.0 Å². The van der Waals surface area contributed by atoms with Crippen LogP contribution in [-0.4, -0.2) is 10.6 Å². The standard InChI is InChI=1S/C13H15BrN2O/c1-13(2,3)17-11-5-4-10(15)9-6-8(14)7-16-12(9)11/h4-7H,15H2,1-3H3. The lowest BCUT2D eigenvalue weighted by atomic mass is 10.1. The highest BCUT2D eigenvalue weighted by Gasteiger charge is 2.15. The Balaban J connectivity index is 2.62. The summed E-state index contributed by atoms with van der Waals surface area (Å²) in [5, 5.41) is 0.904. The van der Waals surface area contributed by atoms with E-state index in [0.29, 0.717) is 5.69 Å². The van der Waals surface area contributed by atoms with Crippen LogP contribution < -0.4 is 10.5 Å². The summed E-state index contributed by atoms with van der Waals surface area (Å²) in [6.45, 7) is 6.02. The van der Waals surface area contributed by atoms with Crippen LogP contribution in [0.2, 0.25) is 0 Å². The lowest BCUT2D eigenvalue weighted by molar-refractivity contribution is 0.133. The van der Waals surface area contributed by atoms with Gasteiger partial charge in [0, 0.05) is 21.7 Å². The number of nitrogens with two attached hydrogens (primary N) is 1. The van der Waals surface area contributed by atoms with E-state index in [2.05, 4.69) is 20.9 Å². The van der Waals surface area contributed by atoms with Crippen molar-refractivity contribution in [2.24, 2.45) is 0 Å². The fourth-order valence-electron chi connectivity index (χ4n) is 1.60. The van der Waals surface area contributed by atoms with Gasteiger partial charge >= 0.3 is 0 Å². The second-order valence-corrected chi connectivity index (χ2v) is 5.83. The Hall–Kier alpha value is -1.29. The zero-order valence-corrected chi connectivity index (χ0v) is 11.7. The van der Waals surface area contributed by atoms with Crippen molar-refractivity contribution in [1.29, 1.82) is 0 Å². The molecule has 0 bridgehead atoms. The minimum atomic E-state index is -0.252. The van der Waals surface area contributed by atoms with Gasteiger partial charge in [0.2, 0.25) is 0 Å². The van der Waals surface area contributed by atoms with Gasteiger partial charge in [-0.15, -0.1) is 0 Å². The van der Waals surface area contributed by atoms with E-state index in [0.717, 1.165) is 21.1 Å². The van der Waals surface area contributed by atoms with Crippen LogP contribution >= 0.6 is 15.9 Å². The first kappa shape index (κ1) is 12.2. The minimum absolute atomic E-state index is 0.252. The molecule has 0 unspecified atom stereocenters. The minimum Gasteiger partial charge on any atom is -0.486 e. The van der Waals surface area contributed by atoms with Gasteiger partial charge in [0.05, 0.1) is 0 Å². The number of fused-ring (bicyclic) bond motifs is 1. The van der Waals surface area contributed by atoms with Crippen LogP contribution in [0.1, 0.15) is 20.8 Å². The maximum absolute atomic E-state index is 5.94. The predicted molar refractivity (Wildman–Crippen MR) is 74.2 cm³/mol. The van der Waals surface area contributed by atoms with Gasteiger partial charge in [0.25, 0.3) is 0 Å². The number of aromatic nitrogens is 1. The summed E-state index contributed by atoms with van der Waals surface area (Å²) in [6.07, 6.45) is 1.75. The third kappa shape index (κ3) is 2.69. The summed E-state index contributed by atoms with van der Waals surface area (Å²) in [5.41, 5.74) is 7.19. The molecule has 0 saturated carbocycles. The summed E-state index contributed by atoms with van der Waals surface area (Å²) < 4.78 is 6.78. The fourth-order valence-corrected chi connectivity index (χ4v) is 1.93. The molecule has 0 saturated heterocycles. The first-order valence-corrected chi connectivity index (χ1v) is 6.19. The number of halogens is 1. The molecule has 0 fully saturated rings. The van der Waals surface area contributed by atoms with E-state index >= 15 is 0 Å². The van der Waals surface area contributed by atoms with Crippen molar-refractivity contribution in [3.8, 4) is 5.75 Å². The highest BCUT2D eigenvalue weighted by atomic mass is 79.9. The third-order valence-corrected chi connectivity index (χ3v) is 2.66. The second-order valence-electron chi connectivity index (χ2n) is 4.92. The quantitative estimate of drug-likeness (QED) is 0.815. The van der Waals surface area contributed by atoms with Crippen LogP contribution in [0.15, 0.2) is 28.9 Å². The number of hydrogen-bond acceptors (Lipinski definition) is 3. The van der Waals surface area contributed by atoms with E-state index in [1.54, 1.807) is 6.20 Å². The van der Waals surface area contributed by atoms with Crippen molar-refractivity contribution < 1.29 is 4.74 Å². The molecule has 0 aliphatic heterocycles. The van der Waals surface area contributed by atoms with Gasteiger partial charge in [-0.3, -0.25) is 4.98 Å². The number of nitrogens with zero attached hydrogens (tertiary/aromatic N) is 1. The topological polar surface area (TPSA) is 48.1 Å². The Morgan fingerprint density at radius 1 is 1.29 bits per heavy atom. The monoisotopic (exact) mass is 294 g/mol. The number of nitrogen functional groups attached to an aromatic ring is 1. The Morgan fingerprint density at radius 2 is 2.00 bits per heavy atom. The molecule has 0 aliphatic carbocycles. The number of benzene rings is 1. The SMILES string of the molecule is CC(C)(C)Oc1ccc(N)c2cc(Br)cnc12. The normalized spacial score (nSPS) is 11.8. The van der Waals surface area contributed by atoms with Crippen molar-refractivity contribution in [3.63, 3.8) is 0 Å². The molecule has 0 atom stereocenters. The molecule has 90 valence electrons. The molecule has 2 N–H and O–H groups in total. The second kappa shape index (κ2) is 4.18. The molecule has 0 spiro atoms. The Labute approximate surface area is 109 Å². The molecule has 2 aromatic rings. The average molecular weight is 295 g/mol. The summed E-state index contributed by atoms with van der Waals surface area (Å²) in [5.74, 6) is 0.759. The van der Waals surface area contributed by atoms with Crippen molar-refractivity contribution in [2.45, 2.75) is 26.4 Å². The molecule has 1 aromatic carbocycles. The molecule has 2 rings (SSSR count). The fraction of sp³-hybridized carbons (Fsp3) is 0.308. The molecule has 0 amide bonds. The highest BCUT2D eigenvalue weighted by Crippen LogP contribution is 2.32. The summed E-state index contributed by atoms with van der Waals surface area (Å²) in [6, 6.07) is 5.66. The number of pyridine rings is 1. The van der Waals surface area contributed by atoms with Gasteiger partial charge in [-0.05, 0) is 54.9 Å². The lowest BCUT2D eigenvalue weighted by Gasteiger charge is -2.22. The van der Waals surface area contributed by atoms with E-state index < -0.39 is 0 Å². The molecular formula is C13H15BrN2O. The average Bonchev–Trinajstić information content (AvgIpc) is 2.21. The highest BCUT2D eigenvalue weighted by molar-refractivity contribution is 9.10. The predicted octanol–water partition coefficient (Wildman–Crippen LogP) is 3.76. The first-order chi connectivity index (χ1) is 7.87. The third-order valence-electron chi connectivity index (χ3n) is 2.23. The van der Waals surface area contributed by atoms with Crippen LogP contribution in [0.5, 0.6) is 5.75 Å². The van der Waals surface area contributed by atoms with E-state index in [-0.39, 0.29) is 5.60 Å². The van der Waals surface area contributed by atoms with Gasteiger partial charge < -0.3 is 10.5 Å². The van der Waals surface area contributed by atoms with Crippen LogP contribution in [-0.2, 0) is 0 Å². The van der Waals surface area contributed by atoms with E-state index in [1.165, 1.54) is 0 Å². The lowest BCUT2D eigenvalue weighted by Crippen LogP contribution is -2.23. The van der Waals surface area contributed by atoms with E-state index in [4.69, 9.17) is 10.5 Å². The smallest absolute Gasteiger partial charge is 0.146 e. The Morgan fingerprint density at radius 3 is 2.65 bits per heavy atom. The molecule has 0 radical (unpaired) electrons. The zero-order chi connectivity index (χ0) is 12.6. The molecule has 0 aliphatic rings. The van der Waals surface area contributed by atoms with Gasteiger partial charge in [-0.25, -0.2) is 0 Å². The van der Waals surface area contributed by atoms with Crippen LogP contribution in [0.3, 0.4) is 0 Å². The van der Waals surface area contributed by atoms with Crippen molar-refractivity contribution >= 4 is 32.5 Å². The van der Waals surface area contributed by atoms with Crippen molar-refractivity contribution in [1.82, 2.24) is 4.98 Å². The van der Waals surface area contributed by atoms with E-state index in [9.17, 15) is 0 Å². The first-order valence-electron chi connectivity index (χ1n) is 5.39. The Kier molecular flexibility index (Phi) is 3.00. The number of ether oxygens (including phenoxy) is 1. The number of anilines is 1. The summed E-state index contributed by atoms with van der Waals surface area (Å²) >= 11 is 3.39. The molecule has 17 heavy (non-hydrogen) atoms.